The lowest BCUT2D eigenvalue weighted by Crippen LogP contribution is -2.17. The fourth-order valence-electron chi connectivity index (χ4n) is 1.67. The van der Waals surface area contributed by atoms with E-state index in [2.05, 4.69) is 4.74 Å². The first-order valence-corrected chi connectivity index (χ1v) is 6.09. The van der Waals surface area contributed by atoms with Crippen LogP contribution in [0.15, 0.2) is 42.5 Å². The van der Waals surface area contributed by atoms with Gasteiger partial charge in [0, 0.05) is 11.1 Å². The minimum Gasteiger partial charge on any atom is -0.406 e. The van der Waals surface area contributed by atoms with Crippen LogP contribution in [0.1, 0.15) is 15.9 Å². The van der Waals surface area contributed by atoms with Gasteiger partial charge < -0.3 is 10.5 Å². The highest BCUT2D eigenvalue weighted by Crippen LogP contribution is 2.25. The number of ketones is 1. The van der Waals surface area contributed by atoms with Crippen molar-refractivity contribution in [2.45, 2.75) is 6.36 Å². The third-order valence-corrected chi connectivity index (χ3v) is 2.92. The summed E-state index contributed by atoms with van der Waals surface area (Å²) in [4.78, 5) is 12.2. The lowest BCUT2D eigenvalue weighted by atomic mass is 10.0. The molecule has 7 heteroatoms. The molecule has 2 N–H and O–H groups in total. The Morgan fingerprint density at radius 3 is 2.38 bits per heavy atom. The summed E-state index contributed by atoms with van der Waals surface area (Å²) in [6, 6.07) is 9.06. The third-order valence-electron chi connectivity index (χ3n) is 2.59. The molecule has 0 aliphatic rings. The molecule has 0 aliphatic carbocycles. The number of nitrogen functional groups attached to an aromatic ring is 1. The molecule has 0 saturated heterocycles. The van der Waals surface area contributed by atoms with Crippen LogP contribution in [0.4, 0.5) is 18.9 Å². The van der Waals surface area contributed by atoms with E-state index in [9.17, 15) is 18.0 Å². The standard InChI is InChI=1S/C14H9ClF3NO2/c15-11-7-9(4-5-12(11)19)13(20)8-2-1-3-10(6-8)21-14(16,17)18/h1-7H,19H2. The van der Waals surface area contributed by atoms with Crippen molar-refractivity contribution >= 4 is 23.1 Å². The first-order chi connectivity index (χ1) is 9.76. The van der Waals surface area contributed by atoms with E-state index in [1.807, 2.05) is 0 Å². The minimum atomic E-state index is -4.81. The van der Waals surface area contributed by atoms with Crippen LogP contribution in [0.2, 0.25) is 5.02 Å². The molecule has 0 aromatic heterocycles. The molecular weight excluding hydrogens is 307 g/mol. The summed E-state index contributed by atoms with van der Waals surface area (Å²) < 4.78 is 40.2. The summed E-state index contributed by atoms with van der Waals surface area (Å²) in [5.74, 6) is -0.945. The molecule has 0 radical (unpaired) electrons. The maximum atomic E-state index is 12.2. The lowest BCUT2D eigenvalue weighted by Gasteiger charge is -2.10. The SMILES string of the molecule is Nc1ccc(C(=O)c2cccc(OC(F)(F)F)c2)cc1Cl. The number of anilines is 1. The van der Waals surface area contributed by atoms with E-state index in [0.717, 1.165) is 12.1 Å². The highest BCUT2D eigenvalue weighted by atomic mass is 35.5. The van der Waals surface area contributed by atoms with Gasteiger partial charge in [0.2, 0.25) is 0 Å². The summed E-state index contributed by atoms with van der Waals surface area (Å²) in [7, 11) is 0. The summed E-state index contributed by atoms with van der Waals surface area (Å²) in [6.45, 7) is 0. The van der Waals surface area contributed by atoms with E-state index in [0.29, 0.717) is 5.69 Å². The number of alkyl halides is 3. The zero-order valence-electron chi connectivity index (χ0n) is 10.4. The second kappa shape index (κ2) is 5.65. The average molecular weight is 316 g/mol. The number of benzene rings is 2. The quantitative estimate of drug-likeness (QED) is 0.686. The number of hydrogen-bond donors (Lipinski definition) is 1. The zero-order valence-corrected chi connectivity index (χ0v) is 11.2. The van der Waals surface area contributed by atoms with E-state index in [1.165, 1.54) is 30.3 Å². The van der Waals surface area contributed by atoms with Gasteiger partial charge in [0.25, 0.3) is 0 Å². The molecule has 0 bridgehead atoms. The Morgan fingerprint density at radius 2 is 1.76 bits per heavy atom. The number of halogens is 4. The van der Waals surface area contributed by atoms with Crippen LogP contribution < -0.4 is 10.5 Å². The molecule has 0 fully saturated rings. The monoisotopic (exact) mass is 315 g/mol. The van der Waals surface area contributed by atoms with Crippen molar-refractivity contribution in [2.24, 2.45) is 0 Å². The fourth-order valence-corrected chi connectivity index (χ4v) is 1.85. The Kier molecular flexibility index (Phi) is 4.09. The van der Waals surface area contributed by atoms with Gasteiger partial charge in [-0.25, -0.2) is 0 Å². The smallest absolute Gasteiger partial charge is 0.406 e. The van der Waals surface area contributed by atoms with E-state index in [4.69, 9.17) is 17.3 Å². The molecule has 2 aromatic carbocycles. The van der Waals surface area contributed by atoms with Gasteiger partial charge in [-0.05, 0) is 30.3 Å². The Morgan fingerprint density at radius 1 is 1.10 bits per heavy atom. The molecule has 0 amide bonds. The number of nitrogens with two attached hydrogens (primary N) is 1. The van der Waals surface area contributed by atoms with Gasteiger partial charge in [-0.15, -0.1) is 13.2 Å². The highest BCUT2D eigenvalue weighted by Gasteiger charge is 2.31. The van der Waals surface area contributed by atoms with Crippen LogP contribution in [0.3, 0.4) is 0 Å². The highest BCUT2D eigenvalue weighted by molar-refractivity contribution is 6.33. The molecule has 0 atom stereocenters. The Balaban J connectivity index is 2.31. The van der Waals surface area contributed by atoms with E-state index in [1.54, 1.807) is 0 Å². The van der Waals surface area contributed by atoms with Crippen LogP contribution >= 0.6 is 11.6 Å². The van der Waals surface area contributed by atoms with E-state index >= 15 is 0 Å². The summed E-state index contributed by atoms with van der Waals surface area (Å²) in [5, 5.41) is 0.198. The topological polar surface area (TPSA) is 52.3 Å². The number of ether oxygens (including phenoxy) is 1. The van der Waals surface area contributed by atoms with Gasteiger partial charge in [0.15, 0.2) is 5.78 Å². The van der Waals surface area contributed by atoms with Crippen molar-refractivity contribution in [3.8, 4) is 5.75 Å². The Bertz CT molecular complexity index is 686. The number of carbonyl (C=O) groups excluding carboxylic acids is 1. The molecule has 21 heavy (non-hydrogen) atoms. The normalized spacial score (nSPS) is 11.2. The largest absolute Gasteiger partial charge is 0.573 e. The summed E-state index contributed by atoms with van der Waals surface area (Å²) in [6.07, 6.45) is -4.81. The average Bonchev–Trinajstić information content (AvgIpc) is 2.39. The van der Waals surface area contributed by atoms with Gasteiger partial charge in [-0.1, -0.05) is 23.7 Å². The van der Waals surface area contributed by atoms with Crippen LogP contribution in [0.5, 0.6) is 5.75 Å². The third kappa shape index (κ3) is 3.88. The molecule has 0 saturated carbocycles. The van der Waals surface area contributed by atoms with Gasteiger partial charge >= 0.3 is 6.36 Å². The van der Waals surface area contributed by atoms with Gasteiger partial charge in [0.1, 0.15) is 5.75 Å². The first-order valence-electron chi connectivity index (χ1n) is 5.72. The molecule has 0 unspecified atom stereocenters. The fraction of sp³-hybridized carbons (Fsp3) is 0.0714. The van der Waals surface area contributed by atoms with Crippen molar-refractivity contribution in [2.75, 3.05) is 5.73 Å². The van der Waals surface area contributed by atoms with Crippen LogP contribution in [0, 0.1) is 0 Å². The molecule has 3 nitrogen and oxygen atoms in total. The molecule has 0 aliphatic heterocycles. The molecule has 0 heterocycles. The van der Waals surface area contributed by atoms with Gasteiger partial charge in [-0.3, -0.25) is 4.79 Å². The summed E-state index contributed by atoms with van der Waals surface area (Å²) >= 11 is 5.81. The molecular formula is C14H9ClF3NO2. The molecule has 2 aromatic rings. The minimum absolute atomic E-state index is 0.0533. The van der Waals surface area contributed by atoms with E-state index in [-0.39, 0.29) is 16.1 Å². The molecule has 2 rings (SSSR count). The van der Waals surface area contributed by atoms with Crippen molar-refractivity contribution in [3.63, 3.8) is 0 Å². The molecule has 0 spiro atoms. The van der Waals surface area contributed by atoms with Crippen LogP contribution in [-0.4, -0.2) is 12.1 Å². The maximum Gasteiger partial charge on any atom is 0.573 e. The van der Waals surface area contributed by atoms with Crippen molar-refractivity contribution in [1.29, 1.82) is 0 Å². The van der Waals surface area contributed by atoms with Gasteiger partial charge in [0.05, 0.1) is 10.7 Å². The van der Waals surface area contributed by atoms with Gasteiger partial charge in [-0.2, -0.15) is 0 Å². The second-order valence-corrected chi connectivity index (χ2v) is 4.55. The zero-order chi connectivity index (χ0) is 15.6. The predicted molar refractivity (Wildman–Crippen MR) is 72.4 cm³/mol. The maximum absolute atomic E-state index is 12.2. The second-order valence-electron chi connectivity index (χ2n) is 4.14. The van der Waals surface area contributed by atoms with Crippen LogP contribution in [0.25, 0.3) is 0 Å². The van der Waals surface area contributed by atoms with Crippen molar-refractivity contribution in [3.05, 3.63) is 58.6 Å². The van der Waals surface area contributed by atoms with Crippen molar-refractivity contribution in [1.82, 2.24) is 0 Å². The van der Waals surface area contributed by atoms with Crippen molar-refractivity contribution < 1.29 is 22.7 Å². The van der Waals surface area contributed by atoms with Crippen LogP contribution in [-0.2, 0) is 0 Å². The molecule has 110 valence electrons. The Labute approximate surface area is 123 Å². The number of carbonyl (C=O) groups is 1. The summed E-state index contributed by atoms with van der Waals surface area (Å²) in [5.41, 5.74) is 6.11. The van der Waals surface area contributed by atoms with E-state index < -0.39 is 17.9 Å². The Hall–Kier alpha value is -2.21. The predicted octanol–water partition coefficient (Wildman–Crippen LogP) is 4.05. The first kappa shape index (κ1) is 15.2. The lowest BCUT2D eigenvalue weighted by molar-refractivity contribution is -0.274. The number of hydrogen-bond acceptors (Lipinski definition) is 3. The number of rotatable bonds is 3.